The number of ketones is 1. The van der Waals surface area contributed by atoms with Gasteiger partial charge in [0.25, 0.3) is 0 Å². The molecule has 1 aliphatic rings. The second-order valence-electron chi connectivity index (χ2n) is 4.78. The van der Waals surface area contributed by atoms with Crippen molar-refractivity contribution < 1.29 is 9.53 Å². The molecular formula is C13H20ClN3O2. The molecule has 1 aromatic rings. The highest BCUT2D eigenvalue weighted by atomic mass is 35.5. The molecule has 0 amide bonds. The van der Waals surface area contributed by atoms with Gasteiger partial charge in [0.2, 0.25) is 0 Å². The molecule has 2 heterocycles. The van der Waals surface area contributed by atoms with Crippen LogP contribution in [0.5, 0.6) is 0 Å². The van der Waals surface area contributed by atoms with E-state index in [-0.39, 0.29) is 11.9 Å². The van der Waals surface area contributed by atoms with Crippen LogP contribution in [0.25, 0.3) is 0 Å². The van der Waals surface area contributed by atoms with E-state index in [0.717, 1.165) is 31.0 Å². The Balaban J connectivity index is 1.98. The molecule has 2 rings (SSSR count). The first-order chi connectivity index (χ1) is 9.11. The maximum Gasteiger partial charge on any atom is 0.141 e. The molecule has 5 nitrogen and oxygen atoms in total. The highest BCUT2D eigenvalue weighted by Crippen LogP contribution is 2.21. The number of nitrogens with zero attached hydrogens (tertiary/aromatic N) is 2. The summed E-state index contributed by atoms with van der Waals surface area (Å²) >= 11 is 6.20. The Morgan fingerprint density at radius 2 is 2.42 bits per heavy atom. The van der Waals surface area contributed by atoms with Gasteiger partial charge < -0.3 is 10.1 Å². The van der Waals surface area contributed by atoms with E-state index in [2.05, 4.69) is 10.4 Å². The fourth-order valence-corrected chi connectivity index (χ4v) is 2.50. The quantitative estimate of drug-likeness (QED) is 0.887. The van der Waals surface area contributed by atoms with Crippen molar-refractivity contribution in [2.45, 2.75) is 39.3 Å². The third-order valence-electron chi connectivity index (χ3n) is 3.28. The number of aromatic nitrogens is 2. The summed E-state index contributed by atoms with van der Waals surface area (Å²) in [6.07, 6.45) is 0.740. The molecule has 6 heteroatoms. The average Bonchev–Trinajstić information content (AvgIpc) is 2.67. The van der Waals surface area contributed by atoms with Gasteiger partial charge in [0.05, 0.1) is 29.1 Å². The van der Waals surface area contributed by atoms with Gasteiger partial charge >= 0.3 is 0 Å². The summed E-state index contributed by atoms with van der Waals surface area (Å²) in [5.74, 6) is 0.144. The molecule has 1 aromatic heterocycles. The molecule has 0 spiro atoms. The van der Waals surface area contributed by atoms with Crippen LogP contribution in [0.4, 0.5) is 0 Å². The fourth-order valence-electron chi connectivity index (χ4n) is 2.30. The lowest BCUT2D eigenvalue weighted by Gasteiger charge is -2.22. The monoisotopic (exact) mass is 285 g/mol. The zero-order chi connectivity index (χ0) is 13.8. The SMILES string of the molecule is CCn1nc(C)c(Cl)c1CC(=O)CC1CNCCO1. The number of Topliss-reactive ketones (excluding diaryl/α,β-unsaturated/α-hetero) is 1. The predicted molar refractivity (Wildman–Crippen MR) is 73.6 cm³/mol. The van der Waals surface area contributed by atoms with Crippen LogP contribution in [-0.2, 0) is 22.5 Å². The summed E-state index contributed by atoms with van der Waals surface area (Å²) in [5.41, 5.74) is 1.59. The lowest BCUT2D eigenvalue weighted by atomic mass is 10.1. The largest absolute Gasteiger partial charge is 0.375 e. The lowest BCUT2D eigenvalue weighted by molar-refractivity contribution is -0.121. The summed E-state index contributed by atoms with van der Waals surface area (Å²) in [4.78, 5) is 12.1. The van der Waals surface area contributed by atoms with Crippen molar-refractivity contribution >= 4 is 17.4 Å². The van der Waals surface area contributed by atoms with Gasteiger partial charge in [-0.3, -0.25) is 9.48 Å². The van der Waals surface area contributed by atoms with Crippen LogP contribution in [0.15, 0.2) is 0 Å². The van der Waals surface area contributed by atoms with Crippen LogP contribution >= 0.6 is 11.6 Å². The summed E-state index contributed by atoms with van der Waals surface area (Å²) in [6.45, 7) is 6.84. The zero-order valence-corrected chi connectivity index (χ0v) is 12.2. The van der Waals surface area contributed by atoms with Crippen molar-refractivity contribution in [2.24, 2.45) is 0 Å². The number of hydrogen-bond donors (Lipinski definition) is 1. The van der Waals surface area contributed by atoms with Gasteiger partial charge in [-0.15, -0.1) is 0 Å². The number of aryl methyl sites for hydroxylation is 2. The van der Waals surface area contributed by atoms with Gasteiger partial charge in [0.15, 0.2) is 0 Å². The standard InChI is InChI=1S/C13H20ClN3O2/c1-3-17-12(13(14)9(2)16-17)7-10(18)6-11-8-15-4-5-19-11/h11,15H,3-8H2,1-2H3. The second kappa shape index (κ2) is 6.50. The maximum absolute atomic E-state index is 12.1. The smallest absolute Gasteiger partial charge is 0.141 e. The van der Waals surface area contributed by atoms with E-state index in [4.69, 9.17) is 16.3 Å². The van der Waals surface area contributed by atoms with Crippen molar-refractivity contribution in [1.29, 1.82) is 0 Å². The molecule has 1 saturated heterocycles. The first-order valence-corrected chi connectivity index (χ1v) is 7.05. The van der Waals surface area contributed by atoms with E-state index < -0.39 is 0 Å². The molecule has 19 heavy (non-hydrogen) atoms. The molecule has 0 aromatic carbocycles. The minimum Gasteiger partial charge on any atom is -0.375 e. The van der Waals surface area contributed by atoms with Crippen LogP contribution in [0.3, 0.4) is 0 Å². The van der Waals surface area contributed by atoms with Gasteiger partial charge in [-0.2, -0.15) is 5.10 Å². The Hall–Kier alpha value is -0.910. The summed E-state index contributed by atoms with van der Waals surface area (Å²) < 4.78 is 7.34. The number of morpholine rings is 1. The number of carbonyl (C=O) groups is 1. The van der Waals surface area contributed by atoms with E-state index in [1.165, 1.54) is 0 Å². The molecule has 1 unspecified atom stereocenters. The second-order valence-corrected chi connectivity index (χ2v) is 5.16. The fraction of sp³-hybridized carbons (Fsp3) is 0.692. The van der Waals surface area contributed by atoms with E-state index in [1.54, 1.807) is 4.68 Å². The van der Waals surface area contributed by atoms with Gasteiger partial charge in [-0.05, 0) is 13.8 Å². The van der Waals surface area contributed by atoms with E-state index >= 15 is 0 Å². The molecule has 0 bridgehead atoms. The molecule has 1 atom stereocenters. The first-order valence-electron chi connectivity index (χ1n) is 6.67. The van der Waals surface area contributed by atoms with Crippen molar-refractivity contribution in [3.8, 4) is 0 Å². The maximum atomic E-state index is 12.1. The van der Waals surface area contributed by atoms with Crippen LogP contribution in [0.2, 0.25) is 5.02 Å². The minimum atomic E-state index is -0.0147. The molecule has 106 valence electrons. The van der Waals surface area contributed by atoms with E-state index in [0.29, 0.717) is 24.5 Å². The molecule has 1 aliphatic heterocycles. The Kier molecular flexibility index (Phi) is 4.96. The van der Waals surface area contributed by atoms with Crippen LogP contribution in [0, 0.1) is 6.92 Å². The van der Waals surface area contributed by atoms with Gasteiger partial charge in [-0.25, -0.2) is 0 Å². The molecule has 0 aliphatic carbocycles. The molecular weight excluding hydrogens is 266 g/mol. The predicted octanol–water partition coefficient (Wildman–Crippen LogP) is 1.35. The summed E-state index contributed by atoms with van der Waals surface area (Å²) in [5, 5.41) is 8.15. The van der Waals surface area contributed by atoms with E-state index in [1.807, 2.05) is 13.8 Å². The van der Waals surface area contributed by atoms with Crippen LogP contribution in [-0.4, -0.2) is 41.4 Å². The van der Waals surface area contributed by atoms with Crippen molar-refractivity contribution in [2.75, 3.05) is 19.7 Å². The number of ether oxygens (including phenoxy) is 1. The third-order valence-corrected chi connectivity index (χ3v) is 3.77. The Morgan fingerprint density at radius 1 is 1.63 bits per heavy atom. The Bertz CT molecular complexity index is 453. The topological polar surface area (TPSA) is 56.2 Å². The Morgan fingerprint density at radius 3 is 3.05 bits per heavy atom. The van der Waals surface area contributed by atoms with Crippen LogP contribution in [0.1, 0.15) is 24.7 Å². The summed E-state index contributed by atoms with van der Waals surface area (Å²) in [7, 11) is 0. The Labute approximate surface area is 118 Å². The van der Waals surface area contributed by atoms with Crippen molar-refractivity contribution in [3.05, 3.63) is 16.4 Å². The average molecular weight is 286 g/mol. The lowest BCUT2D eigenvalue weighted by Crippen LogP contribution is -2.39. The number of halogens is 1. The van der Waals surface area contributed by atoms with Gasteiger partial charge in [0, 0.05) is 32.5 Å². The van der Waals surface area contributed by atoms with E-state index in [9.17, 15) is 4.79 Å². The number of rotatable bonds is 5. The highest BCUT2D eigenvalue weighted by Gasteiger charge is 2.20. The van der Waals surface area contributed by atoms with Gasteiger partial charge in [-0.1, -0.05) is 11.6 Å². The molecule has 1 N–H and O–H groups in total. The first kappa shape index (κ1) is 14.5. The number of nitrogens with one attached hydrogen (secondary N) is 1. The molecule has 0 radical (unpaired) electrons. The highest BCUT2D eigenvalue weighted by molar-refractivity contribution is 6.32. The zero-order valence-electron chi connectivity index (χ0n) is 11.4. The number of hydrogen-bond acceptors (Lipinski definition) is 4. The van der Waals surface area contributed by atoms with Gasteiger partial charge in [0.1, 0.15) is 5.78 Å². The van der Waals surface area contributed by atoms with Crippen molar-refractivity contribution in [1.82, 2.24) is 15.1 Å². The van der Waals surface area contributed by atoms with Crippen LogP contribution < -0.4 is 5.32 Å². The molecule has 0 saturated carbocycles. The van der Waals surface area contributed by atoms with Crippen molar-refractivity contribution in [3.63, 3.8) is 0 Å². The normalized spacial score (nSPS) is 19.6. The summed E-state index contributed by atoms with van der Waals surface area (Å²) in [6, 6.07) is 0. The third kappa shape index (κ3) is 3.55. The number of carbonyl (C=O) groups excluding carboxylic acids is 1. The molecule has 1 fully saturated rings. The minimum absolute atomic E-state index is 0.0147.